The number of hydrogen-bond acceptors (Lipinski definition) is 5. The quantitative estimate of drug-likeness (QED) is 0.478. The molecule has 2 saturated carbocycles. The number of fused-ring (bicyclic) bond motifs is 2. The molecule has 0 aromatic rings. The van der Waals surface area contributed by atoms with Gasteiger partial charge in [0.25, 0.3) is 0 Å². The summed E-state index contributed by atoms with van der Waals surface area (Å²) in [5, 5.41) is 10.8. The summed E-state index contributed by atoms with van der Waals surface area (Å²) in [5.41, 5.74) is -0.533. The zero-order chi connectivity index (χ0) is 15.2. The van der Waals surface area contributed by atoms with Crippen molar-refractivity contribution in [3.05, 3.63) is 0 Å². The summed E-state index contributed by atoms with van der Waals surface area (Å²) < 4.78 is 9.99. The lowest BCUT2D eigenvalue weighted by Gasteiger charge is -2.43. The number of esters is 2. The standard InChI is InChI=1S/C14H21BrO5/c1-12(2)9-4-5-13(12,3)14(18,6-9)20-11(17)8-19-10(16)7-15/h9,18H,4-8H2,1-3H3/t9-,13-,14-/m1/s1. The largest absolute Gasteiger partial charge is 0.453 e. The third-order valence-corrected chi connectivity index (χ3v) is 6.02. The summed E-state index contributed by atoms with van der Waals surface area (Å²) in [6, 6.07) is 0. The Balaban J connectivity index is 2.03. The fourth-order valence-corrected chi connectivity index (χ4v) is 3.92. The molecule has 0 aliphatic heterocycles. The van der Waals surface area contributed by atoms with E-state index in [1.165, 1.54) is 0 Å². The van der Waals surface area contributed by atoms with Crippen LogP contribution in [0, 0.1) is 16.7 Å². The predicted molar refractivity (Wildman–Crippen MR) is 75.0 cm³/mol. The molecule has 0 amide bonds. The first-order valence-corrected chi connectivity index (χ1v) is 7.94. The van der Waals surface area contributed by atoms with Gasteiger partial charge in [0.15, 0.2) is 6.61 Å². The highest BCUT2D eigenvalue weighted by atomic mass is 79.9. The second-order valence-corrected chi connectivity index (χ2v) is 7.11. The SMILES string of the molecule is CC1(C)[C@@H]2CC[C@@]1(C)[C@](O)(OC(=O)COC(=O)CBr)C2. The van der Waals surface area contributed by atoms with Gasteiger partial charge in [-0.05, 0) is 24.2 Å². The van der Waals surface area contributed by atoms with E-state index in [2.05, 4.69) is 29.8 Å². The van der Waals surface area contributed by atoms with Gasteiger partial charge in [-0.1, -0.05) is 36.7 Å². The van der Waals surface area contributed by atoms with Crippen molar-refractivity contribution >= 4 is 27.9 Å². The first kappa shape index (κ1) is 15.8. The Hall–Kier alpha value is -0.620. The molecule has 2 fully saturated rings. The van der Waals surface area contributed by atoms with Crippen molar-refractivity contribution in [2.24, 2.45) is 16.7 Å². The molecule has 2 rings (SSSR count). The van der Waals surface area contributed by atoms with Gasteiger partial charge in [-0.2, -0.15) is 0 Å². The summed E-state index contributed by atoms with van der Waals surface area (Å²) in [7, 11) is 0. The maximum Gasteiger partial charge on any atom is 0.346 e. The molecule has 0 aromatic carbocycles. The highest BCUT2D eigenvalue weighted by Crippen LogP contribution is 2.69. The Kier molecular flexibility index (Phi) is 3.93. The van der Waals surface area contributed by atoms with E-state index in [1.54, 1.807) is 0 Å². The lowest BCUT2D eigenvalue weighted by molar-refractivity contribution is -0.262. The summed E-state index contributed by atoms with van der Waals surface area (Å²) in [6.45, 7) is 5.73. The lowest BCUT2D eigenvalue weighted by Crippen LogP contribution is -2.50. The van der Waals surface area contributed by atoms with Crippen molar-refractivity contribution in [3.63, 3.8) is 0 Å². The van der Waals surface area contributed by atoms with Gasteiger partial charge in [-0.25, -0.2) is 4.79 Å². The molecule has 0 spiro atoms. The minimum Gasteiger partial charge on any atom is -0.453 e. The maximum atomic E-state index is 11.8. The Morgan fingerprint density at radius 3 is 2.40 bits per heavy atom. The molecular formula is C14H21BrO5. The van der Waals surface area contributed by atoms with E-state index in [4.69, 9.17) is 9.47 Å². The number of carbonyl (C=O) groups excluding carboxylic acids is 2. The van der Waals surface area contributed by atoms with E-state index in [0.717, 1.165) is 12.8 Å². The highest BCUT2D eigenvalue weighted by molar-refractivity contribution is 9.09. The van der Waals surface area contributed by atoms with E-state index in [-0.39, 0.29) is 10.7 Å². The maximum absolute atomic E-state index is 11.8. The fourth-order valence-electron chi connectivity index (χ4n) is 3.76. The van der Waals surface area contributed by atoms with Crippen LogP contribution in [-0.4, -0.2) is 34.8 Å². The number of aliphatic hydroxyl groups is 1. The minimum atomic E-state index is -1.46. The molecule has 5 nitrogen and oxygen atoms in total. The number of ether oxygens (including phenoxy) is 2. The van der Waals surface area contributed by atoms with Crippen molar-refractivity contribution in [1.29, 1.82) is 0 Å². The van der Waals surface area contributed by atoms with E-state index >= 15 is 0 Å². The minimum absolute atomic E-state index is 0.0252. The summed E-state index contributed by atoms with van der Waals surface area (Å²) >= 11 is 2.94. The number of halogens is 1. The Bertz CT molecular complexity index is 435. The van der Waals surface area contributed by atoms with Crippen LogP contribution in [0.5, 0.6) is 0 Å². The summed E-state index contributed by atoms with van der Waals surface area (Å²) in [6.07, 6.45) is 2.33. The Labute approximate surface area is 127 Å². The zero-order valence-corrected chi connectivity index (χ0v) is 13.7. The molecule has 6 heteroatoms. The summed E-state index contributed by atoms with van der Waals surface area (Å²) in [4.78, 5) is 22.8. The highest BCUT2D eigenvalue weighted by Gasteiger charge is 2.70. The molecule has 0 heterocycles. The van der Waals surface area contributed by atoms with Gasteiger partial charge in [0.1, 0.15) is 5.33 Å². The lowest BCUT2D eigenvalue weighted by atomic mass is 9.68. The summed E-state index contributed by atoms with van der Waals surface area (Å²) in [5.74, 6) is -2.35. The third kappa shape index (κ3) is 2.17. The molecular weight excluding hydrogens is 328 g/mol. The molecule has 114 valence electrons. The fraction of sp³-hybridized carbons (Fsp3) is 0.857. The molecule has 2 aliphatic rings. The van der Waals surface area contributed by atoms with Gasteiger partial charge < -0.3 is 14.6 Å². The van der Waals surface area contributed by atoms with Crippen LogP contribution in [0.1, 0.15) is 40.0 Å². The van der Waals surface area contributed by atoms with Crippen LogP contribution in [-0.2, 0) is 19.1 Å². The Morgan fingerprint density at radius 1 is 1.30 bits per heavy atom. The van der Waals surface area contributed by atoms with E-state index < -0.39 is 29.7 Å². The zero-order valence-electron chi connectivity index (χ0n) is 12.1. The van der Waals surface area contributed by atoms with Crippen LogP contribution in [0.3, 0.4) is 0 Å². The average Bonchev–Trinajstić information content (AvgIpc) is 2.67. The first-order valence-electron chi connectivity index (χ1n) is 6.82. The van der Waals surface area contributed by atoms with Gasteiger partial charge in [0, 0.05) is 11.8 Å². The van der Waals surface area contributed by atoms with Gasteiger partial charge in [0.05, 0.1) is 0 Å². The average molecular weight is 349 g/mol. The predicted octanol–water partition coefficient (Wildman–Crippen LogP) is 2.00. The van der Waals surface area contributed by atoms with Crippen LogP contribution >= 0.6 is 15.9 Å². The normalized spacial score (nSPS) is 37.8. The van der Waals surface area contributed by atoms with Crippen molar-refractivity contribution < 1.29 is 24.2 Å². The van der Waals surface area contributed by atoms with Crippen molar-refractivity contribution in [3.8, 4) is 0 Å². The topological polar surface area (TPSA) is 72.8 Å². The number of hydrogen-bond donors (Lipinski definition) is 1. The van der Waals surface area contributed by atoms with Crippen molar-refractivity contribution in [2.45, 2.75) is 45.8 Å². The number of alkyl halides is 1. The number of carbonyl (C=O) groups is 2. The molecule has 0 saturated heterocycles. The van der Waals surface area contributed by atoms with Crippen LogP contribution in [0.25, 0.3) is 0 Å². The number of rotatable bonds is 4. The molecule has 2 aliphatic carbocycles. The third-order valence-electron chi connectivity index (χ3n) is 5.56. The molecule has 0 radical (unpaired) electrons. The van der Waals surface area contributed by atoms with Gasteiger partial charge in [-0.15, -0.1) is 0 Å². The molecule has 2 bridgehead atoms. The molecule has 1 N–H and O–H groups in total. The second-order valence-electron chi connectivity index (χ2n) is 6.55. The monoisotopic (exact) mass is 348 g/mol. The van der Waals surface area contributed by atoms with Crippen molar-refractivity contribution in [2.75, 3.05) is 11.9 Å². The van der Waals surface area contributed by atoms with Crippen LogP contribution in [0.4, 0.5) is 0 Å². The second kappa shape index (κ2) is 4.98. The first-order chi connectivity index (χ1) is 9.16. The van der Waals surface area contributed by atoms with Crippen LogP contribution in [0.2, 0.25) is 0 Å². The van der Waals surface area contributed by atoms with E-state index in [9.17, 15) is 14.7 Å². The molecule has 3 atom stereocenters. The van der Waals surface area contributed by atoms with Gasteiger partial charge >= 0.3 is 11.9 Å². The van der Waals surface area contributed by atoms with E-state index in [0.29, 0.717) is 12.3 Å². The van der Waals surface area contributed by atoms with Gasteiger partial charge in [0.2, 0.25) is 5.79 Å². The molecule has 20 heavy (non-hydrogen) atoms. The Morgan fingerprint density at radius 2 is 1.95 bits per heavy atom. The van der Waals surface area contributed by atoms with Gasteiger partial charge in [-0.3, -0.25) is 4.79 Å². The smallest absolute Gasteiger partial charge is 0.346 e. The van der Waals surface area contributed by atoms with Crippen LogP contribution < -0.4 is 0 Å². The van der Waals surface area contributed by atoms with E-state index in [1.807, 2.05) is 6.92 Å². The molecule has 0 unspecified atom stereocenters. The van der Waals surface area contributed by atoms with Crippen molar-refractivity contribution in [1.82, 2.24) is 0 Å². The van der Waals surface area contributed by atoms with Crippen LogP contribution in [0.15, 0.2) is 0 Å². The molecule has 0 aromatic heterocycles.